The highest BCUT2D eigenvalue weighted by Gasteiger charge is 2.27. The van der Waals surface area contributed by atoms with Crippen LogP contribution >= 0.6 is 11.3 Å². The fourth-order valence-corrected chi connectivity index (χ4v) is 7.71. The minimum Gasteiger partial charge on any atom is -0.379 e. The molecule has 44 heavy (non-hydrogen) atoms. The van der Waals surface area contributed by atoms with Gasteiger partial charge in [0.15, 0.2) is 5.65 Å². The fraction of sp³-hybridized carbons (Fsp3) is 0.303. The van der Waals surface area contributed by atoms with Crippen LogP contribution in [0.4, 0.5) is 0 Å². The summed E-state index contributed by atoms with van der Waals surface area (Å²) in [7, 11) is -4.04. The maximum Gasteiger partial charge on any atom is 0.274 e. The molecule has 0 saturated carbocycles. The Balaban J connectivity index is 0.000000245. The minimum absolute atomic E-state index is 0.156. The van der Waals surface area contributed by atoms with E-state index < -0.39 is 15.9 Å². The quantitative estimate of drug-likeness (QED) is 0.233. The highest BCUT2D eigenvalue weighted by Crippen LogP contribution is 2.36. The van der Waals surface area contributed by atoms with Gasteiger partial charge in [0.25, 0.3) is 15.9 Å². The fourth-order valence-electron chi connectivity index (χ4n) is 4.95. The molecule has 3 aromatic heterocycles. The third-order valence-electron chi connectivity index (χ3n) is 7.27. The Kier molecular flexibility index (Phi) is 9.90. The lowest BCUT2D eigenvalue weighted by Gasteiger charge is -2.25. The van der Waals surface area contributed by atoms with Gasteiger partial charge in [0.05, 0.1) is 18.7 Å². The molecule has 2 aromatic carbocycles. The number of carbonyl (C=O) groups excluding carboxylic acids is 1. The average Bonchev–Trinajstić information content (AvgIpc) is 3.64. The van der Waals surface area contributed by atoms with Crippen LogP contribution in [0.3, 0.4) is 0 Å². The third kappa shape index (κ3) is 7.59. The summed E-state index contributed by atoms with van der Waals surface area (Å²) in [6, 6.07) is 20.1. The number of H-pyrrole nitrogens is 1. The van der Waals surface area contributed by atoms with E-state index in [4.69, 9.17) is 4.74 Å². The zero-order valence-corrected chi connectivity index (χ0v) is 27.0. The Labute approximate surface area is 262 Å². The molecule has 11 heteroatoms. The van der Waals surface area contributed by atoms with Crippen molar-refractivity contribution in [2.45, 2.75) is 44.9 Å². The van der Waals surface area contributed by atoms with Crippen LogP contribution in [0, 0.1) is 20.8 Å². The number of hydrogen-bond acceptors (Lipinski definition) is 8. The molecular formula is C33H37N5O4S2. The number of aromatic nitrogens is 3. The molecular weight excluding hydrogens is 595 g/mol. The summed E-state index contributed by atoms with van der Waals surface area (Å²) in [6.45, 7) is 11.8. The van der Waals surface area contributed by atoms with Crippen LogP contribution < -0.4 is 4.72 Å². The van der Waals surface area contributed by atoms with Gasteiger partial charge in [0.2, 0.25) is 0 Å². The van der Waals surface area contributed by atoms with Gasteiger partial charge in [0.1, 0.15) is 10.0 Å². The van der Waals surface area contributed by atoms with E-state index >= 15 is 0 Å². The summed E-state index contributed by atoms with van der Waals surface area (Å²) < 4.78 is 34.3. The number of aromatic amines is 1. The number of nitrogens with zero attached hydrogens (tertiary/aromatic N) is 3. The molecule has 5 aromatic rings. The van der Waals surface area contributed by atoms with Crippen molar-refractivity contribution in [3.8, 4) is 11.1 Å². The summed E-state index contributed by atoms with van der Waals surface area (Å²) >= 11 is 1.21. The molecule has 1 aliphatic heterocycles. The van der Waals surface area contributed by atoms with Crippen LogP contribution in [0.1, 0.15) is 44.8 Å². The number of ether oxygens (including phenoxy) is 1. The summed E-state index contributed by atoms with van der Waals surface area (Å²) in [4.78, 5) is 27.7. The van der Waals surface area contributed by atoms with Gasteiger partial charge in [-0.25, -0.2) is 23.1 Å². The zero-order chi connectivity index (χ0) is 31.3. The van der Waals surface area contributed by atoms with Crippen molar-refractivity contribution in [3.05, 3.63) is 99.8 Å². The van der Waals surface area contributed by atoms with Gasteiger partial charge in [-0.3, -0.25) is 9.69 Å². The van der Waals surface area contributed by atoms with Crippen molar-refractivity contribution in [2.24, 2.45) is 0 Å². The Bertz CT molecular complexity index is 1840. The van der Waals surface area contributed by atoms with Crippen LogP contribution in [-0.4, -0.2) is 60.5 Å². The smallest absolute Gasteiger partial charge is 0.274 e. The average molecular weight is 632 g/mol. The molecule has 0 spiro atoms. The van der Waals surface area contributed by atoms with Gasteiger partial charge in [0, 0.05) is 47.8 Å². The summed E-state index contributed by atoms with van der Waals surface area (Å²) in [5.74, 6) is 0.370. The van der Waals surface area contributed by atoms with Crippen LogP contribution in [0.2, 0.25) is 0 Å². The first-order valence-corrected chi connectivity index (χ1v) is 16.9. The minimum atomic E-state index is -4.04. The van der Waals surface area contributed by atoms with Crippen LogP contribution in [-0.2, 0) is 27.7 Å². The van der Waals surface area contributed by atoms with Gasteiger partial charge in [-0.05, 0) is 56.2 Å². The number of nitrogens with one attached hydrogen (secondary N) is 2. The van der Waals surface area contributed by atoms with E-state index in [0.717, 1.165) is 58.2 Å². The lowest BCUT2D eigenvalue weighted by atomic mass is 10.1. The number of thiophene rings is 1. The topological polar surface area (TPSA) is 117 Å². The van der Waals surface area contributed by atoms with Crippen molar-refractivity contribution in [1.29, 1.82) is 0 Å². The van der Waals surface area contributed by atoms with E-state index in [1.54, 1.807) is 30.3 Å². The Morgan fingerprint density at radius 1 is 1.00 bits per heavy atom. The van der Waals surface area contributed by atoms with Crippen LogP contribution in [0.25, 0.3) is 22.3 Å². The van der Waals surface area contributed by atoms with Gasteiger partial charge >= 0.3 is 0 Å². The number of morpholine rings is 1. The second kappa shape index (κ2) is 13.8. The van der Waals surface area contributed by atoms with E-state index in [0.29, 0.717) is 30.9 Å². The van der Waals surface area contributed by atoms with Crippen LogP contribution in [0.5, 0.6) is 0 Å². The first-order chi connectivity index (χ1) is 21.1. The Morgan fingerprint density at radius 2 is 1.70 bits per heavy atom. The summed E-state index contributed by atoms with van der Waals surface area (Å²) in [5, 5.41) is 0. The van der Waals surface area contributed by atoms with Gasteiger partial charge in [-0.2, -0.15) is 0 Å². The number of aryl methyl sites for hydroxylation is 4. The molecule has 4 heterocycles. The number of hydrogen-bond donors (Lipinski definition) is 2. The molecule has 9 nitrogen and oxygen atoms in total. The van der Waals surface area contributed by atoms with Gasteiger partial charge in [-0.1, -0.05) is 55.0 Å². The maximum absolute atomic E-state index is 13.2. The SMILES string of the molecule is CCc1nc2nc(C)cc(C)c2[nH]1.Cc1ccc(-c2cc(CN3CCOCC3)sc2S(=O)(=O)NC(=O)c2ccccc2)cc1. The lowest BCUT2D eigenvalue weighted by Crippen LogP contribution is -2.35. The highest BCUT2D eigenvalue weighted by molar-refractivity contribution is 7.92. The molecule has 1 saturated heterocycles. The molecule has 0 bridgehead atoms. The number of fused-ring (bicyclic) bond motifs is 1. The first-order valence-electron chi connectivity index (χ1n) is 14.6. The molecule has 0 unspecified atom stereocenters. The van der Waals surface area contributed by atoms with Crippen molar-refractivity contribution < 1.29 is 17.9 Å². The molecule has 0 aliphatic carbocycles. The van der Waals surface area contributed by atoms with Crippen molar-refractivity contribution in [1.82, 2.24) is 24.6 Å². The molecule has 2 N–H and O–H groups in total. The molecule has 1 amide bonds. The largest absolute Gasteiger partial charge is 0.379 e. The summed E-state index contributed by atoms with van der Waals surface area (Å²) in [6.07, 6.45) is 0.925. The van der Waals surface area contributed by atoms with Crippen LogP contribution in [0.15, 0.2) is 70.9 Å². The molecule has 1 aliphatic rings. The number of benzene rings is 2. The Morgan fingerprint density at radius 3 is 2.39 bits per heavy atom. The number of rotatable bonds is 7. The predicted octanol–water partition coefficient (Wildman–Crippen LogP) is 5.81. The summed E-state index contributed by atoms with van der Waals surface area (Å²) in [5.41, 5.74) is 6.97. The Hall–Kier alpha value is -3.90. The number of pyridine rings is 1. The monoisotopic (exact) mass is 631 g/mol. The van der Waals surface area contributed by atoms with Crippen molar-refractivity contribution >= 4 is 38.4 Å². The second-order valence-electron chi connectivity index (χ2n) is 10.8. The van der Waals surface area contributed by atoms with E-state index in [-0.39, 0.29) is 4.21 Å². The van der Waals surface area contributed by atoms with Crippen molar-refractivity contribution in [3.63, 3.8) is 0 Å². The van der Waals surface area contributed by atoms with E-state index in [2.05, 4.69) is 44.5 Å². The predicted molar refractivity (Wildman–Crippen MR) is 174 cm³/mol. The number of amides is 1. The van der Waals surface area contributed by atoms with E-state index in [1.165, 1.54) is 16.9 Å². The second-order valence-corrected chi connectivity index (χ2v) is 13.8. The number of sulfonamides is 1. The third-order valence-corrected chi connectivity index (χ3v) is 10.3. The van der Waals surface area contributed by atoms with E-state index in [1.807, 2.05) is 44.2 Å². The lowest BCUT2D eigenvalue weighted by molar-refractivity contribution is 0.0346. The van der Waals surface area contributed by atoms with Gasteiger partial charge < -0.3 is 9.72 Å². The number of carbonyl (C=O) groups is 1. The van der Waals surface area contributed by atoms with Crippen molar-refractivity contribution in [2.75, 3.05) is 26.3 Å². The molecule has 230 valence electrons. The first kappa shape index (κ1) is 31.5. The number of imidazole rings is 1. The zero-order valence-electron chi connectivity index (χ0n) is 25.4. The molecule has 0 atom stereocenters. The highest BCUT2D eigenvalue weighted by atomic mass is 32.2. The molecule has 1 fully saturated rings. The standard InChI is InChI=1S/C23H24N2O4S2.C10H13N3/c1-17-7-9-18(10-8-17)21-15-20(16-25-11-13-29-14-12-25)30-23(21)31(27,28)24-22(26)19-5-3-2-4-6-19;1-4-8-12-9-6(2)5-7(3)11-10(9)13-8/h2-10,15H,11-14,16H2,1H3,(H,24,26);5H,4H2,1-3H3,(H,11,12,13). The van der Waals surface area contributed by atoms with Gasteiger partial charge in [-0.15, -0.1) is 11.3 Å². The van der Waals surface area contributed by atoms with E-state index in [9.17, 15) is 13.2 Å². The molecule has 0 radical (unpaired) electrons. The molecule has 6 rings (SSSR count). The maximum atomic E-state index is 13.2. The normalized spacial score (nSPS) is 13.8.